The maximum absolute atomic E-state index is 11.5. The average Bonchev–Trinajstić information content (AvgIpc) is 2.33. The van der Waals surface area contributed by atoms with Crippen molar-refractivity contribution in [2.75, 3.05) is 13.2 Å². The van der Waals surface area contributed by atoms with E-state index in [2.05, 4.69) is 5.32 Å². The molecule has 18 heavy (non-hydrogen) atoms. The molecule has 0 unspecified atom stereocenters. The number of ketones is 1. The van der Waals surface area contributed by atoms with Gasteiger partial charge in [-0.3, -0.25) is 14.4 Å². The van der Waals surface area contributed by atoms with Gasteiger partial charge in [-0.1, -0.05) is 0 Å². The number of nitrogens with one attached hydrogen (secondary N) is 1. The van der Waals surface area contributed by atoms with E-state index in [4.69, 9.17) is 10.5 Å². The summed E-state index contributed by atoms with van der Waals surface area (Å²) in [6, 6.07) is -0.776. The second kappa shape index (κ2) is 7.10. The van der Waals surface area contributed by atoms with Gasteiger partial charge in [-0.25, -0.2) is 0 Å². The van der Waals surface area contributed by atoms with Crippen LogP contribution in [0.5, 0.6) is 0 Å². The van der Waals surface area contributed by atoms with E-state index < -0.39 is 11.9 Å². The molecule has 0 aromatic carbocycles. The Labute approximate surface area is 106 Å². The van der Waals surface area contributed by atoms with Crippen molar-refractivity contribution in [3.05, 3.63) is 0 Å². The Morgan fingerprint density at radius 2 is 2.28 bits per heavy atom. The lowest BCUT2D eigenvalue weighted by Crippen LogP contribution is -2.51. The number of carbonyl (C=O) groups excluding carboxylic acids is 3. The maximum Gasteiger partial charge on any atom is 0.246 e. The summed E-state index contributed by atoms with van der Waals surface area (Å²) in [5, 5.41) is 2.55. The summed E-state index contributed by atoms with van der Waals surface area (Å²) in [7, 11) is 0. The third kappa shape index (κ3) is 4.44. The van der Waals surface area contributed by atoms with Crippen LogP contribution >= 0.6 is 0 Å². The van der Waals surface area contributed by atoms with E-state index >= 15 is 0 Å². The Kier molecular flexibility index (Phi) is 5.77. The topological polar surface area (TPSA) is 98.5 Å². The highest BCUT2D eigenvalue weighted by Crippen LogP contribution is 2.24. The van der Waals surface area contributed by atoms with Crippen molar-refractivity contribution >= 4 is 17.6 Å². The minimum atomic E-state index is -0.776. The summed E-state index contributed by atoms with van der Waals surface area (Å²) in [5.74, 6) is -1.04. The number of carbonyl (C=O) groups is 3. The lowest BCUT2D eigenvalue weighted by molar-refractivity contribution is -0.132. The predicted molar refractivity (Wildman–Crippen MR) is 64.6 cm³/mol. The van der Waals surface area contributed by atoms with Gasteiger partial charge in [-0.15, -0.1) is 0 Å². The van der Waals surface area contributed by atoms with Gasteiger partial charge in [0.15, 0.2) is 0 Å². The SMILES string of the molecule is CCOCC(=O)N[C@@H](C(N)=O)[C@@H]1CCCC(=O)C1. The van der Waals surface area contributed by atoms with Gasteiger partial charge in [0.05, 0.1) is 0 Å². The largest absolute Gasteiger partial charge is 0.372 e. The first kappa shape index (κ1) is 14.6. The second-order valence-electron chi connectivity index (χ2n) is 4.48. The number of nitrogens with two attached hydrogens (primary N) is 1. The zero-order chi connectivity index (χ0) is 13.5. The molecule has 1 saturated carbocycles. The molecule has 0 heterocycles. The van der Waals surface area contributed by atoms with Gasteiger partial charge in [0, 0.05) is 19.4 Å². The molecule has 6 heteroatoms. The Hall–Kier alpha value is -1.43. The Morgan fingerprint density at radius 3 is 2.83 bits per heavy atom. The summed E-state index contributed by atoms with van der Waals surface area (Å²) in [6.07, 6.45) is 2.33. The molecule has 0 aromatic rings. The molecule has 0 bridgehead atoms. The summed E-state index contributed by atoms with van der Waals surface area (Å²) >= 11 is 0. The fraction of sp³-hybridized carbons (Fsp3) is 0.750. The van der Waals surface area contributed by atoms with Crippen LogP contribution in [0.4, 0.5) is 0 Å². The number of ether oxygens (including phenoxy) is 1. The number of hydrogen-bond acceptors (Lipinski definition) is 4. The molecule has 0 aromatic heterocycles. The molecule has 0 saturated heterocycles. The van der Waals surface area contributed by atoms with Crippen molar-refractivity contribution in [1.82, 2.24) is 5.32 Å². The third-order valence-corrected chi connectivity index (χ3v) is 3.05. The van der Waals surface area contributed by atoms with Gasteiger partial charge >= 0.3 is 0 Å². The van der Waals surface area contributed by atoms with Crippen molar-refractivity contribution in [3.63, 3.8) is 0 Å². The van der Waals surface area contributed by atoms with Gasteiger partial charge in [-0.05, 0) is 25.7 Å². The molecule has 2 amide bonds. The van der Waals surface area contributed by atoms with Crippen molar-refractivity contribution in [2.45, 2.75) is 38.6 Å². The smallest absolute Gasteiger partial charge is 0.246 e. The zero-order valence-electron chi connectivity index (χ0n) is 10.6. The van der Waals surface area contributed by atoms with E-state index in [1.807, 2.05) is 0 Å². The zero-order valence-corrected chi connectivity index (χ0v) is 10.6. The highest BCUT2D eigenvalue weighted by atomic mass is 16.5. The van der Waals surface area contributed by atoms with Crippen LogP contribution in [-0.4, -0.2) is 36.9 Å². The summed E-state index contributed by atoms with van der Waals surface area (Å²) in [5.41, 5.74) is 5.28. The van der Waals surface area contributed by atoms with Gasteiger partial charge in [0.1, 0.15) is 18.4 Å². The molecule has 1 aliphatic rings. The van der Waals surface area contributed by atoms with Crippen molar-refractivity contribution in [2.24, 2.45) is 11.7 Å². The molecular weight excluding hydrogens is 236 g/mol. The molecule has 0 radical (unpaired) electrons. The first-order chi connectivity index (χ1) is 8.54. The summed E-state index contributed by atoms with van der Waals surface area (Å²) in [4.78, 5) is 34.3. The van der Waals surface area contributed by atoms with E-state index in [1.165, 1.54) is 0 Å². The van der Waals surface area contributed by atoms with Gasteiger partial charge in [-0.2, -0.15) is 0 Å². The van der Waals surface area contributed by atoms with E-state index in [1.54, 1.807) is 6.92 Å². The number of rotatable bonds is 6. The van der Waals surface area contributed by atoms with Crippen molar-refractivity contribution < 1.29 is 19.1 Å². The number of Topliss-reactive ketones (excluding diaryl/α,β-unsaturated/α-hetero) is 1. The van der Waals surface area contributed by atoms with Crippen molar-refractivity contribution in [1.29, 1.82) is 0 Å². The van der Waals surface area contributed by atoms with Crippen LogP contribution in [0.3, 0.4) is 0 Å². The standard InChI is InChI=1S/C12H20N2O4/c1-2-18-7-10(16)14-11(12(13)17)8-4-3-5-9(15)6-8/h8,11H,2-7H2,1H3,(H2,13,17)(H,14,16)/t8-,11-/m1/s1. The lowest BCUT2D eigenvalue weighted by atomic mass is 9.83. The normalized spacial score (nSPS) is 21.4. The number of hydrogen-bond donors (Lipinski definition) is 2. The Bertz CT molecular complexity index is 330. The van der Waals surface area contributed by atoms with Gasteiger partial charge < -0.3 is 15.8 Å². The average molecular weight is 256 g/mol. The third-order valence-electron chi connectivity index (χ3n) is 3.05. The van der Waals surface area contributed by atoms with Crippen LogP contribution in [0.2, 0.25) is 0 Å². The van der Waals surface area contributed by atoms with E-state index in [0.717, 1.165) is 12.8 Å². The number of amides is 2. The van der Waals surface area contributed by atoms with Crippen LogP contribution in [0, 0.1) is 5.92 Å². The molecule has 3 N–H and O–H groups in total. The molecule has 0 spiro atoms. The number of primary amides is 1. The van der Waals surface area contributed by atoms with Crippen molar-refractivity contribution in [3.8, 4) is 0 Å². The summed E-state index contributed by atoms with van der Waals surface area (Å²) in [6.45, 7) is 2.11. The molecule has 6 nitrogen and oxygen atoms in total. The van der Waals surface area contributed by atoms with Crippen LogP contribution in [0.25, 0.3) is 0 Å². The van der Waals surface area contributed by atoms with Crippen LogP contribution in [0.1, 0.15) is 32.6 Å². The molecule has 1 aliphatic carbocycles. The molecule has 1 fully saturated rings. The quantitative estimate of drug-likeness (QED) is 0.684. The van der Waals surface area contributed by atoms with Crippen LogP contribution in [0.15, 0.2) is 0 Å². The highest BCUT2D eigenvalue weighted by molar-refractivity contribution is 5.88. The van der Waals surface area contributed by atoms with Crippen LogP contribution < -0.4 is 11.1 Å². The second-order valence-corrected chi connectivity index (χ2v) is 4.48. The van der Waals surface area contributed by atoms with E-state index in [0.29, 0.717) is 19.4 Å². The lowest BCUT2D eigenvalue weighted by Gasteiger charge is -2.28. The van der Waals surface area contributed by atoms with E-state index in [-0.39, 0.29) is 24.2 Å². The first-order valence-corrected chi connectivity index (χ1v) is 6.22. The minimum Gasteiger partial charge on any atom is -0.372 e. The van der Waals surface area contributed by atoms with Gasteiger partial charge in [0.25, 0.3) is 0 Å². The molecular formula is C12H20N2O4. The highest BCUT2D eigenvalue weighted by Gasteiger charge is 2.31. The minimum absolute atomic E-state index is 0.0963. The van der Waals surface area contributed by atoms with E-state index in [9.17, 15) is 14.4 Å². The first-order valence-electron chi connectivity index (χ1n) is 6.22. The predicted octanol–water partition coefficient (Wildman–Crippen LogP) is -0.248. The fourth-order valence-electron chi connectivity index (χ4n) is 2.17. The molecule has 0 aliphatic heterocycles. The van der Waals surface area contributed by atoms with Gasteiger partial charge in [0.2, 0.25) is 11.8 Å². The maximum atomic E-state index is 11.5. The fourth-order valence-corrected chi connectivity index (χ4v) is 2.17. The summed E-state index contributed by atoms with van der Waals surface area (Å²) < 4.78 is 4.95. The molecule has 102 valence electrons. The monoisotopic (exact) mass is 256 g/mol. The molecule has 2 atom stereocenters. The Balaban J connectivity index is 2.56. The molecule has 1 rings (SSSR count). The Morgan fingerprint density at radius 1 is 1.56 bits per heavy atom. The van der Waals surface area contributed by atoms with Crippen LogP contribution in [-0.2, 0) is 19.1 Å².